The van der Waals surface area contributed by atoms with E-state index in [0.717, 1.165) is 22.5 Å². The van der Waals surface area contributed by atoms with Crippen LogP contribution in [-0.4, -0.2) is 13.0 Å². The van der Waals surface area contributed by atoms with E-state index in [1.165, 1.54) is 0 Å². The van der Waals surface area contributed by atoms with Crippen molar-refractivity contribution in [1.82, 2.24) is 0 Å². The summed E-state index contributed by atoms with van der Waals surface area (Å²) < 4.78 is 5.05. The van der Waals surface area contributed by atoms with Crippen molar-refractivity contribution >= 4 is 23.0 Å². The van der Waals surface area contributed by atoms with Gasteiger partial charge in [0.1, 0.15) is 0 Å². The van der Waals surface area contributed by atoms with Crippen molar-refractivity contribution in [2.45, 2.75) is 13.0 Å². The Morgan fingerprint density at radius 2 is 2.32 bits per heavy atom. The maximum atomic E-state index is 11.4. The summed E-state index contributed by atoms with van der Waals surface area (Å²) in [7, 11) is 1.96. The first-order chi connectivity index (χ1) is 9.13. The minimum absolute atomic E-state index is 0.0176. The lowest BCUT2D eigenvalue weighted by Crippen LogP contribution is -2.17. The number of anilines is 3. The van der Waals surface area contributed by atoms with Gasteiger partial charge in [0.15, 0.2) is 0 Å². The lowest BCUT2D eigenvalue weighted by Gasteiger charge is -2.21. The van der Waals surface area contributed by atoms with Gasteiger partial charge in [0, 0.05) is 24.8 Å². The highest BCUT2D eigenvalue weighted by atomic mass is 16.3. The third-order valence-electron chi connectivity index (χ3n) is 3.29. The number of hydrogen-bond donors (Lipinski definition) is 2. The van der Waals surface area contributed by atoms with Gasteiger partial charge in [0.2, 0.25) is 5.91 Å². The van der Waals surface area contributed by atoms with Crippen LogP contribution in [0.1, 0.15) is 11.1 Å². The molecule has 19 heavy (non-hydrogen) atoms. The first kappa shape index (κ1) is 11.6. The van der Waals surface area contributed by atoms with E-state index in [4.69, 9.17) is 10.2 Å². The molecule has 0 radical (unpaired) electrons. The zero-order valence-corrected chi connectivity index (χ0v) is 10.6. The van der Waals surface area contributed by atoms with E-state index in [0.29, 0.717) is 18.7 Å². The zero-order valence-electron chi connectivity index (χ0n) is 10.6. The minimum atomic E-state index is 0.0176. The molecular weight excluding hydrogens is 242 g/mol. The lowest BCUT2D eigenvalue weighted by molar-refractivity contribution is -0.115. The summed E-state index contributed by atoms with van der Waals surface area (Å²) in [4.78, 5) is 13.4. The Bertz CT molecular complexity index is 620. The van der Waals surface area contributed by atoms with E-state index >= 15 is 0 Å². The molecule has 3 N–H and O–H groups in total. The van der Waals surface area contributed by atoms with Crippen molar-refractivity contribution in [3.8, 4) is 0 Å². The fourth-order valence-electron chi connectivity index (χ4n) is 2.35. The average Bonchev–Trinajstić information content (AvgIpc) is 2.96. The van der Waals surface area contributed by atoms with Gasteiger partial charge in [0.05, 0.1) is 30.3 Å². The minimum Gasteiger partial charge on any atom is -0.472 e. The van der Waals surface area contributed by atoms with E-state index in [1.54, 1.807) is 12.5 Å². The van der Waals surface area contributed by atoms with Gasteiger partial charge < -0.3 is 20.4 Å². The van der Waals surface area contributed by atoms with E-state index in [-0.39, 0.29) is 5.91 Å². The molecule has 1 amide bonds. The lowest BCUT2D eigenvalue weighted by atomic mass is 10.1. The smallest absolute Gasteiger partial charge is 0.228 e. The van der Waals surface area contributed by atoms with Crippen molar-refractivity contribution < 1.29 is 9.21 Å². The Labute approximate surface area is 111 Å². The van der Waals surface area contributed by atoms with Crippen LogP contribution in [0.4, 0.5) is 17.1 Å². The summed E-state index contributed by atoms with van der Waals surface area (Å²) in [5, 5.41) is 2.84. The molecule has 98 valence electrons. The molecule has 0 fully saturated rings. The number of hydrogen-bond acceptors (Lipinski definition) is 4. The SMILES string of the molecule is CN(Cc1ccoc1)c1cc2c(cc1N)CC(=O)N2. The molecular formula is C14H15N3O2. The molecule has 0 bridgehead atoms. The maximum Gasteiger partial charge on any atom is 0.228 e. The van der Waals surface area contributed by atoms with Crippen LogP contribution in [-0.2, 0) is 17.8 Å². The zero-order chi connectivity index (χ0) is 13.4. The standard InChI is InChI=1S/C14H15N3O2/c1-17(7-9-2-3-19-8-9)13-6-12-10(4-11(13)15)5-14(18)16-12/h2-4,6,8H,5,7,15H2,1H3,(H,16,18). The Kier molecular flexibility index (Phi) is 2.67. The van der Waals surface area contributed by atoms with Gasteiger partial charge in [-0.15, -0.1) is 0 Å². The number of nitrogens with zero attached hydrogens (tertiary/aromatic N) is 1. The van der Waals surface area contributed by atoms with Crippen LogP contribution >= 0.6 is 0 Å². The third-order valence-corrected chi connectivity index (χ3v) is 3.29. The number of amides is 1. The largest absolute Gasteiger partial charge is 0.472 e. The van der Waals surface area contributed by atoms with Gasteiger partial charge in [-0.1, -0.05) is 0 Å². The molecule has 1 aromatic carbocycles. The molecule has 1 aromatic heterocycles. The maximum absolute atomic E-state index is 11.4. The molecule has 5 nitrogen and oxygen atoms in total. The summed E-state index contributed by atoms with van der Waals surface area (Å²) in [5.41, 5.74) is 10.5. The van der Waals surface area contributed by atoms with E-state index in [1.807, 2.05) is 30.1 Å². The van der Waals surface area contributed by atoms with Crippen molar-refractivity contribution in [3.63, 3.8) is 0 Å². The second-order valence-electron chi connectivity index (χ2n) is 4.78. The highest BCUT2D eigenvalue weighted by molar-refractivity contribution is 6.00. The van der Waals surface area contributed by atoms with Crippen molar-refractivity contribution in [3.05, 3.63) is 41.9 Å². The van der Waals surface area contributed by atoms with Gasteiger partial charge in [-0.2, -0.15) is 0 Å². The molecule has 0 spiro atoms. The van der Waals surface area contributed by atoms with Gasteiger partial charge in [-0.25, -0.2) is 0 Å². The summed E-state index contributed by atoms with van der Waals surface area (Å²) in [6.45, 7) is 0.702. The number of rotatable bonds is 3. The van der Waals surface area contributed by atoms with E-state index in [9.17, 15) is 4.79 Å². The Hall–Kier alpha value is -2.43. The summed E-state index contributed by atoms with van der Waals surface area (Å²) in [6, 6.07) is 5.71. The number of nitrogens with one attached hydrogen (secondary N) is 1. The van der Waals surface area contributed by atoms with Gasteiger partial charge in [-0.05, 0) is 23.8 Å². The van der Waals surface area contributed by atoms with Gasteiger partial charge >= 0.3 is 0 Å². The Morgan fingerprint density at radius 1 is 1.47 bits per heavy atom. The van der Waals surface area contributed by atoms with Crippen LogP contribution in [0.3, 0.4) is 0 Å². The number of carbonyl (C=O) groups excluding carboxylic acids is 1. The average molecular weight is 257 g/mol. The van der Waals surface area contributed by atoms with Crippen LogP contribution in [0, 0.1) is 0 Å². The number of nitrogen functional groups attached to an aromatic ring is 1. The normalized spacial score (nSPS) is 13.2. The topological polar surface area (TPSA) is 71.5 Å². The molecule has 0 saturated carbocycles. The van der Waals surface area contributed by atoms with Gasteiger partial charge in [-0.3, -0.25) is 4.79 Å². The van der Waals surface area contributed by atoms with Crippen LogP contribution in [0.15, 0.2) is 35.1 Å². The molecule has 1 aliphatic rings. The highest BCUT2D eigenvalue weighted by Gasteiger charge is 2.20. The summed E-state index contributed by atoms with van der Waals surface area (Å²) in [6.07, 6.45) is 3.77. The number of furan rings is 1. The molecule has 0 atom stereocenters. The van der Waals surface area contributed by atoms with Crippen LogP contribution in [0.2, 0.25) is 0 Å². The summed E-state index contributed by atoms with van der Waals surface area (Å²) in [5.74, 6) is 0.0176. The Balaban J connectivity index is 1.88. The van der Waals surface area contributed by atoms with E-state index in [2.05, 4.69) is 5.32 Å². The van der Waals surface area contributed by atoms with Crippen molar-refractivity contribution in [2.24, 2.45) is 0 Å². The first-order valence-electron chi connectivity index (χ1n) is 6.08. The van der Waals surface area contributed by atoms with Crippen LogP contribution in [0.5, 0.6) is 0 Å². The molecule has 0 saturated heterocycles. The fraction of sp³-hybridized carbons (Fsp3) is 0.214. The molecule has 2 aromatic rings. The Morgan fingerprint density at radius 3 is 3.05 bits per heavy atom. The first-order valence-corrected chi connectivity index (χ1v) is 6.08. The van der Waals surface area contributed by atoms with Gasteiger partial charge in [0.25, 0.3) is 0 Å². The monoisotopic (exact) mass is 257 g/mol. The second kappa shape index (κ2) is 4.35. The fourth-order valence-corrected chi connectivity index (χ4v) is 2.35. The number of benzene rings is 1. The number of fused-ring (bicyclic) bond motifs is 1. The summed E-state index contributed by atoms with van der Waals surface area (Å²) >= 11 is 0. The molecule has 2 heterocycles. The quantitative estimate of drug-likeness (QED) is 0.825. The van der Waals surface area contributed by atoms with Crippen molar-refractivity contribution in [1.29, 1.82) is 0 Å². The third kappa shape index (κ3) is 2.14. The molecule has 5 heteroatoms. The predicted molar refractivity (Wildman–Crippen MR) is 74.0 cm³/mol. The molecule has 0 aliphatic carbocycles. The number of nitrogens with two attached hydrogens (primary N) is 1. The highest BCUT2D eigenvalue weighted by Crippen LogP contribution is 2.33. The molecule has 1 aliphatic heterocycles. The molecule has 0 unspecified atom stereocenters. The van der Waals surface area contributed by atoms with Crippen LogP contribution < -0.4 is 16.0 Å². The number of carbonyl (C=O) groups is 1. The molecule has 3 rings (SSSR count). The van der Waals surface area contributed by atoms with E-state index < -0.39 is 0 Å². The van der Waals surface area contributed by atoms with Crippen molar-refractivity contribution in [2.75, 3.05) is 23.0 Å². The second-order valence-corrected chi connectivity index (χ2v) is 4.78. The van der Waals surface area contributed by atoms with Crippen LogP contribution in [0.25, 0.3) is 0 Å². The predicted octanol–water partition coefficient (Wildman–Crippen LogP) is 1.99.